The molecule has 0 spiro atoms. The largest absolute Gasteiger partial charge is 0.355 e. The maximum Gasteiger partial charge on any atom is 0.237 e. The molecule has 0 unspecified atom stereocenters. The maximum absolute atomic E-state index is 12.3. The number of carbonyl (C=O) groups is 2. The van der Waals surface area contributed by atoms with Crippen LogP contribution in [0.25, 0.3) is 0 Å². The smallest absolute Gasteiger partial charge is 0.237 e. The van der Waals surface area contributed by atoms with Crippen LogP contribution in [0.15, 0.2) is 24.5 Å². The normalized spacial score (nSPS) is 23.0. The van der Waals surface area contributed by atoms with Crippen molar-refractivity contribution in [1.29, 1.82) is 0 Å². The Labute approximate surface area is 112 Å². The molecule has 1 aromatic heterocycles. The third-order valence-corrected chi connectivity index (χ3v) is 3.50. The lowest BCUT2D eigenvalue weighted by molar-refractivity contribution is -0.132. The zero-order valence-electron chi connectivity index (χ0n) is 11.4. The maximum atomic E-state index is 12.3. The van der Waals surface area contributed by atoms with Crippen LogP contribution in [0.3, 0.4) is 0 Å². The minimum atomic E-state index is -0.639. The van der Waals surface area contributed by atoms with E-state index in [-0.39, 0.29) is 23.1 Å². The molecular weight excluding hydrogens is 242 g/mol. The van der Waals surface area contributed by atoms with Gasteiger partial charge < -0.3 is 10.6 Å². The van der Waals surface area contributed by atoms with E-state index in [0.717, 1.165) is 0 Å². The topological polar surface area (TPSA) is 71.1 Å². The summed E-state index contributed by atoms with van der Waals surface area (Å²) in [6.07, 6.45) is 3.20. The fourth-order valence-electron chi connectivity index (χ4n) is 2.39. The Hall–Kier alpha value is -1.91. The van der Waals surface area contributed by atoms with E-state index in [1.807, 2.05) is 20.8 Å². The molecular formula is C14H19N3O2. The number of amides is 2. The van der Waals surface area contributed by atoms with Gasteiger partial charge in [-0.2, -0.15) is 0 Å². The van der Waals surface area contributed by atoms with Crippen LogP contribution in [0.1, 0.15) is 20.8 Å². The van der Waals surface area contributed by atoms with Crippen molar-refractivity contribution in [2.75, 3.05) is 11.9 Å². The molecule has 1 aromatic rings. The molecule has 2 N–H and O–H groups in total. The van der Waals surface area contributed by atoms with Gasteiger partial charge in [0.15, 0.2) is 0 Å². The van der Waals surface area contributed by atoms with Crippen molar-refractivity contribution < 1.29 is 9.59 Å². The number of nitrogens with zero attached hydrogens (tertiary/aromatic N) is 1. The predicted molar refractivity (Wildman–Crippen MR) is 72.3 cm³/mol. The number of rotatable bonds is 2. The van der Waals surface area contributed by atoms with Crippen LogP contribution in [-0.4, -0.2) is 23.3 Å². The monoisotopic (exact) mass is 261 g/mol. The van der Waals surface area contributed by atoms with E-state index in [1.54, 1.807) is 24.5 Å². The molecule has 1 saturated heterocycles. The Balaban J connectivity index is 2.15. The van der Waals surface area contributed by atoms with Gasteiger partial charge in [-0.15, -0.1) is 0 Å². The molecule has 0 aromatic carbocycles. The van der Waals surface area contributed by atoms with E-state index in [0.29, 0.717) is 12.2 Å². The highest BCUT2D eigenvalue weighted by atomic mass is 16.2. The van der Waals surface area contributed by atoms with E-state index in [9.17, 15) is 9.59 Å². The van der Waals surface area contributed by atoms with Crippen LogP contribution in [0, 0.1) is 17.3 Å². The molecule has 1 fully saturated rings. The molecule has 0 radical (unpaired) electrons. The van der Waals surface area contributed by atoms with Crippen LogP contribution in [-0.2, 0) is 9.59 Å². The fraction of sp³-hybridized carbons (Fsp3) is 0.500. The minimum Gasteiger partial charge on any atom is -0.355 e. The van der Waals surface area contributed by atoms with Gasteiger partial charge in [-0.1, -0.05) is 20.8 Å². The number of carbonyl (C=O) groups excluding carboxylic acids is 2. The van der Waals surface area contributed by atoms with E-state index >= 15 is 0 Å². The lowest BCUT2D eigenvalue weighted by atomic mass is 9.74. The van der Waals surface area contributed by atoms with Crippen LogP contribution in [0.2, 0.25) is 0 Å². The van der Waals surface area contributed by atoms with Crippen molar-refractivity contribution in [1.82, 2.24) is 10.3 Å². The number of nitrogens with one attached hydrogen (secondary N) is 2. The lowest BCUT2D eigenvalue weighted by Crippen LogP contribution is -2.37. The highest BCUT2D eigenvalue weighted by Crippen LogP contribution is 2.35. The van der Waals surface area contributed by atoms with Crippen molar-refractivity contribution in [3.05, 3.63) is 24.5 Å². The minimum absolute atomic E-state index is 0.00308. The molecule has 0 saturated carbocycles. The second kappa shape index (κ2) is 4.99. The van der Waals surface area contributed by atoms with Crippen molar-refractivity contribution >= 4 is 17.5 Å². The zero-order chi connectivity index (χ0) is 14.0. The van der Waals surface area contributed by atoms with Crippen molar-refractivity contribution in [3.8, 4) is 0 Å². The summed E-state index contributed by atoms with van der Waals surface area (Å²) in [6, 6.07) is 3.50. The lowest BCUT2D eigenvalue weighted by Gasteiger charge is -2.29. The summed E-state index contributed by atoms with van der Waals surface area (Å²) < 4.78 is 0. The van der Waals surface area contributed by atoms with Gasteiger partial charge in [0.05, 0.1) is 11.9 Å². The Morgan fingerprint density at radius 2 is 2.21 bits per heavy atom. The molecule has 0 aliphatic carbocycles. The van der Waals surface area contributed by atoms with Gasteiger partial charge in [0.2, 0.25) is 11.8 Å². The first-order valence-electron chi connectivity index (χ1n) is 6.38. The number of anilines is 1. The molecule has 102 valence electrons. The molecule has 2 atom stereocenters. The Morgan fingerprint density at radius 1 is 1.47 bits per heavy atom. The fourth-order valence-corrected chi connectivity index (χ4v) is 2.39. The summed E-state index contributed by atoms with van der Waals surface area (Å²) in [5.74, 6) is -1.10. The van der Waals surface area contributed by atoms with Crippen LogP contribution < -0.4 is 10.6 Å². The van der Waals surface area contributed by atoms with Crippen LogP contribution in [0.4, 0.5) is 5.69 Å². The van der Waals surface area contributed by atoms with Gasteiger partial charge in [-0.05, 0) is 17.5 Å². The first-order chi connectivity index (χ1) is 8.89. The highest BCUT2D eigenvalue weighted by molar-refractivity contribution is 6.07. The summed E-state index contributed by atoms with van der Waals surface area (Å²) in [7, 11) is 0. The predicted octanol–water partition coefficient (Wildman–Crippen LogP) is 1.43. The summed E-state index contributed by atoms with van der Waals surface area (Å²) in [6.45, 7) is 6.68. The van der Waals surface area contributed by atoms with Crippen molar-refractivity contribution in [2.45, 2.75) is 20.8 Å². The van der Waals surface area contributed by atoms with Gasteiger partial charge >= 0.3 is 0 Å². The summed E-state index contributed by atoms with van der Waals surface area (Å²) in [5, 5.41) is 5.53. The van der Waals surface area contributed by atoms with Gasteiger partial charge in [-0.25, -0.2) is 0 Å². The van der Waals surface area contributed by atoms with Crippen LogP contribution >= 0.6 is 0 Å². The highest BCUT2D eigenvalue weighted by Gasteiger charge is 2.45. The van der Waals surface area contributed by atoms with E-state index < -0.39 is 5.92 Å². The van der Waals surface area contributed by atoms with E-state index in [1.165, 1.54) is 0 Å². The standard InChI is InChI=1S/C14H19N3O2/c1-14(2,3)10-8-16-12(18)11(10)13(19)17-9-5-4-6-15-7-9/h4-7,10-11H,8H2,1-3H3,(H,16,18)(H,17,19)/t10-,11+/m0/s1. The molecule has 1 aliphatic rings. The van der Waals surface area contributed by atoms with Crippen molar-refractivity contribution in [2.24, 2.45) is 17.3 Å². The molecule has 2 amide bonds. The number of hydrogen-bond donors (Lipinski definition) is 2. The third-order valence-electron chi connectivity index (χ3n) is 3.50. The Kier molecular flexibility index (Phi) is 3.55. The SMILES string of the molecule is CC(C)(C)[C@H]1CNC(=O)[C@@H]1C(=O)Nc1cccnc1. The van der Waals surface area contributed by atoms with Gasteiger partial charge in [0.1, 0.15) is 5.92 Å². The quantitative estimate of drug-likeness (QED) is 0.791. The first-order valence-corrected chi connectivity index (χ1v) is 6.38. The Bertz CT molecular complexity index is 479. The second-order valence-electron chi connectivity index (χ2n) is 5.93. The number of aromatic nitrogens is 1. The third kappa shape index (κ3) is 2.92. The van der Waals surface area contributed by atoms with Crippen LogP contribution in [0.5, 0.6) is 0 Å². The first kappa shape index (κ1) is 13.5. The van der Waals surface area contributed by atoms with Gasteiger partial charge in [-0.3, -0.25) is 14.6 Å². The molecule has 19 heavy (non-hydrogen) atoms. The second-order valence-corrected chi connectivity index (χ2v) is 5.93. The molecule has 5 nitrogen and oxygen atoms in total. The van der Waals surface area contributed by atoms with Crippen molar-refractivity contribution in [3.63, 3.8) is 0 Å². The zero-order valence-corrected chi connectivity index (χ0v) is 11.4. The van der Waals surface area contributed by atoms with Gasteiger partial charge in [0, 0.05) is 18.7 Å². The summed E-state index contributed by atoms with van der Waals surface area (Å²) >= 11 is 0. The molecule has 2 rings (SSSR count). The summed E-state index contributed by atoms with van der Waals surface area (Å²) in [4.78, 5) is 28.1. The van der Waals surface area contributed by atoms with E-state index in [4.69, 9.17) is 0 Å². The average Bonchev–Trinajstić information content (AvgIpc) is 2.72. The van der Waals surface area contributed by atoms with E-state index in [2.05, 4.69) is 15.6 Å². The molecule has 1 aliphatic heterocycles. The summed E-state index contributed by atoms with van der Waals surface area (Å²) in [5.41, 5.74) is 0.510. The van der Waals surface area contributed by atoms with Gasteiger partial charge in [0.25, 0.3) is 0 Å². The number of pyridine rings is 1. The molecule has 2 heterocycles. The molecule has 0 bridgehead atoms. The molecule has 5 heteroatoms. The average molecular weight is 261 g/mol. The number of hydrogen-bond acceptors (Lipinski definition) is 3. The Morgan fingerprint density at radius 3 is 2.79 bits per heavy atom.